The third-order valence-corrected chi connectivity index (χ3v) is 6.66. The largest absolute Gasteiger partial charge is 0.454 e. The highest BCUT2D eigenvalue weighted by molar-refractivity contribution is 8.26. The van der Waals surface area contributed by atoms with E-state index >= 15 is 0 Å². The normalized spacial score (nSPS) is 16.0. The van der Waals surface area contributed by atoms with Gasteiger partial charge in [-0.25, -0.2) is 0 Å². The lowest BCUT2D eigenvalue weighted by Crippen LogP contribution is -2.34. The zero-order valence-corrected chi connectivity index (χ0v) is 19.6. The Morgan fingerprint density at radius 2 is 1.97 bits per heavy atom. The predicted molar refractivity (Wildman–Crippen MR) is 131 cm³/mol. The van der Waals surface area contributed by atoms with E-state index in [0.717, 1.165) is 11.1 Å². The molecule has 0 saturated carbocycles. The van der Waals surface area contributed by atoms with E-state index in [1.54, 1.807) is 15.9 Å². The van der Waals surface area contributed by atoms with Gasteiger partial charge in [0.05, 0.1) is 11.5 Å². The molecule has 0 aromatic heterocycles. The fraction of sp³-hybridized carbons (Fsp3) is 0.292. The summed E-state index contributed by atoms with van der Waals surface area (Å²) in [5, 5.41) is 9.35. The summed E-state index contributed by atoms with van der Waals surface area (Å²) in [6.07, 6.45) is 2.54. The number of aliphatic hydroxyl groups is 1. The summed E-state index contributed by atoms with van der Waals surface area (Å²) >= 11 is 6.66. The van der Waals surface area contributed by atoms with Gasteiger partial charge in [0.15, 0.2) is 11.5 Å². The molecule has 0 atom stereocenters. The fourth-order valence-corrected chi connectivity index (χ4v) is 4.92. The number of rotatable bonds is 9. The summed E-state index contributed by atoms with van der Waals surface area (Å²) in [6, 6.07) is 15.2. The molecule has 0 spiro atoms. The molecule has 7 nitrogen and oxygen atoms in total. The second kappa shape index (κ2) is 10.8. The van der Waals surface area contributed by atoms with Gasteiger partial charge in [0.1, 0.15) is 4.32 Å². The second-order valence-corrected chi connectivity index (χ2v) is 9.25. The molecule has 2 heterocycles. The highest BCUT2D eigenvalue weighted by Crippen LogP contribution is 2.36. The van der Waals surface area contributed by atoms with Crippen LogP contribution in [0, 0.1) is 0 Å². The van der Waals surface area contributed by atoms with E-state index in [9.17, 15) is 14.7 Å². The van der Waals surface area contributed by atoms with Crippen molar-refractivity contribution in [3.05, 3.63) is 64.6 Å². The molecule has 9 heteroatoms. The summed E-state index contributed by atoms with van der Waals surface area (Å²) in [7, 11) is 0. The molecule has 0 radical (unpaired) electrons. The van der Waals surface area contributed by atoms with Crippen LogP contribution in [-0.2, 0) is 16.1 Å². The van der Waals surface area contributed by atoms with Crippen molar-refractivity contribution < 1.29 is 24.2 Å². The van der Waals surface area contributed by atoms with Gasteiger partial charge in [-0.1, -0.05) is 60.4 Å². The summed E-state index contributed by atoms with van der Waals surface area (Å²) < 4.78 is 11.2. The molecule has 1 fully saturated rings. The second-order valence-electron chi connectivity index (χ2n) is 7.57. The van der Waals surface area contributed by atoms with E-state index in [0.29, 0.717) is 40.2 Å². The van der Waals surface area contributed by atoms with Crippen molar-refractivity contribution in [2.75, 3.05) is 26.5 Å². The first-order chi connectivity index (χ1) is 16.0. The Balaban J connectivity index is 1.33. The van der Waals surface area contributed by atoms with Gasteiger partial charge in [-0.3, -0.25) is 14.5 Å². The van der Waals surface area contributed by atoms with E-state index < -0.39 is 0 Å². The van der Waals surface area contributed by atoms with Gasteiger partial charge in [0.2, 0.25) is 12.7 Å². The van der Waals surface area contributed by atoms with Crippen molar-refractivity contribution in [2.45, 2.75) is 19.4 Å². The Morgan fingerprint density at radius 3 is 2.76 bits per heavy atom. The number of carbonyl (C=O) groups excluding carboxylic acids is 2. The Kier molecular flexibility index (Phi) is 7.64. The average Bonchev–Trinajstić information content (AvgIpc) is 3.38. The van der Waals surface area contributed by atoms with Crippen LogP contribution in [0.25, 0.3) is 6.08 Å². The third-order valence-electron chi connectivity index (χ3n) is 5.28. The summed E-state index contributed by atoms with van der Waals surface area (Å²) in [5.41, 5.74) is 1.83. The highest BCUT2D eigenvalue weighted by atomic mass is 32.2. The lowest BCUT2D eigenvalue weighted by Gasteiger charge is -2.22. The number of hydrogen-bond donors (Lipinski definition) is 1. The predicted octanol–water partition coefficient (Wildman–Crippen LogP) is 3.42. The first-order valence-electron chi connectivity index (χ1n) is 10.6. The van der Waals surface area contributed by atoms with Gasteiger partial charge in [0, 0.05) is 26.1 Å². The number of ether oxygens (including phenoxy) is 2. The summed E-state index contributed by atoms with van der Waals surface area (Å²) in [4.78, 5) is 29.3. The first-order valence-corrected chi connectivity index (χ1v) is 11.8. The number of thioether (sulfide) groups is 1. The minimum atomic E-state index is -0.161. The number of thiocarbonyl (C=S) groups is 1. The average molecular weight is 485 g/mol. The molecule has 2 amide bonds. The zero-order valence-electron chi connectivity index (χ0n) is 17.9. The van der Waals surface area contributed by atoms with E-state index in [4.69, 9.17) is 21.7 Å². The van der Waals surface area contributed by atoms with Gasteiger partial charge < -0.3 is 19.5 Å². The quantitative estimate of drug-likeness (QED) is 0.432. The van der Waals surface area contributed by atoms with E-state index in [2.05, 4.69) is 0 Å². The SMILES string of the molecule is O=C(CCCN1C(=O)/C(=C\c2ccc3c(c2)OCO3)SC1=S)N(CCO)Cc1ccccc1. The Bertz CT molecular complexity index is 1070. The van der Waals surface area contributed by atoms with Crippen molar-refractivity contribution in [1.29, 1.82) is 0 Å². The molecule has 0 unspecified atom stereocenters. The molecular formula is C24H24N2O5S2. The Labute approximate surface area is 202 Å². The molecule has 2 aliphatic heterocycles. The maximum absolute atomic E-state index is 12.9. The van der Waals surface area contributed by atoms with Crippen LogP contribution in [0.2, 0.25) is 0 Å². The minimum absolute atomic E-state index is 0.0609. The van der Waals surface area contributed by atoms with Crippen LogP contribution in [0.4, 0.5) is 0 Å². The third kappa shape index (κ3) is 5.73. The number of aliphatic hydroxyl groups excluding tert-OH is 1. The molecule has 4 rings (SSSR count). The molecule has 2 aliphatic rings. The van der Waals surface area contributed by atoms with Crippen LogP contribution in [0.15, 0.2) is 53.4 Å². The topological polar surface area (TPSA) is 79.3 Å². The van der Waals surface area contributed by atoms with Crippen LogP contribution in [-0.4, -0.2) is 57.5 Å². The van der Waals surface area contributed by atoms with Gasteiger partial charge in [0.25, 0.3) is 5.91 Å². The molecule has 2 aromatic rings. The molecule has 0 bridgehead atoms. The van der Waals surface area contributed by atoms with Crippen LogP contribution in [0.5, 0.6) is 11.5 Å². The lowest BCUT2D eigenvalue weighted by atomic mass is 10.2. The smallest absolute Gasteiger partial charge is 0.266 e. The molecule has 1 N–H and O–H groups in total. The fourth-order valence-electron chi connectivity index (χ4n) is 3.61. The van der Waals surface area contributed by atoms with Crippen molar-refractivity contribution >= 4 is 46.2 Å². The molecule has 2 aromatic carbocycles. The van der Waals surface area contributed by atoms with Gasteiger partial charge in [-0.2, -0.15) is 0 Å². The highest BCUT2D eigenvalue weighted by Gasteiger charge is 2.32. The van der Waals surface area contributed by atoms with E-state index in [-0.39, 0.29) is 38.2 Å². The number of nitrogens with zero attached hydrogens (tertiary/aromatic N) is 2. The zero-order chi connectivity index (χ0) is 23.2. The van der Waals surface area contributed by atoms with Crippen LogP contribution in [0.3, 0.4) is 0 Å². The number of carbonyl (C=O) groups is 2. The van der Waals surface area contributed by atoms with Crippen molar-refractivity contribution in [2.24, 2.45) is 0 Å². The van der Waals surface area contributed by atoms with Gasteiger partial charge >= 0.3 is 0 Å². The summed E-state index contributed by atoms with van der Waals surface area (Å²) in [5.74, 6) is 1.12. The minimum Gasteiger partial charge on any atom is -0.454 e. The maximum Gasteiger partial charge on any atom is 0.266 e. The standard InChI is InChI=1S/C24H24N2O5S2/c27-12-11-25(15-17-5-2-1-3-6-17)22(28)7-4-10-26-23(29)21(33-24(26)32)14-18-8-9-19-20(13-18)31-16-30-19/h1-3,5-6,8-9,13-14,27H,4,7,10-12,15-16H2/b21-14+. The monoisotopic (exact) mass is 484 g/mol. The van der Waals surface area contributed by atoms with Crippen molar-refractivity contribution in [1.82, 2.24) is 9.80 Å². The van der Waals surface area contributed by atoms with E-state index in [1.807, 2.05) is 48.5 Å². The van der Waals surface area contributed by atoms with Crippen LogP contribution >= 0.6 is 24.0 Å². The Hall–Kier alpha value is -2.88. The molecule has 172 valence electrons. The van der Waals surface area contributed by atoms with Crippen molar-refractivity contribution in [3.8, 4) is 11.5 Å². The number of amides is 2. The molecule has 0 aliphatic carbocycles. The number of hydrogen-bond acceptors (Lipinski definition) is 7. The van der Waals surface area contributed by atoms with E-state index in [1.165, 1.54) is 11.8 Å². The van der Waals surface area contributed by atoms with Crippen LogP contribution in [0.1, 0.15) is 24.0 Å². The Morgan fingerprint density at radius 1 is 1.18 bits per heavy atom. The lowest BCUT2D eigenvalue weighted by molar-refractivity contribution is -0.132. The van der Waals surface area contributed by atoms with Crippen LogP contribution < -0.4 is 9.47 Å². The van der Waals surface area contributed by atoms with Gasteiger partial charge in [-0.15, -0.1) is 0 Å². The van der Waals surface area contributed by atoms with Crippen molar-refractivity contribution in [3.63, 3.8) is 0 Å². The maximum atomic E-state index is 12.9. The summed E-state index contributed by atoms with van der Waals surface area (Å²) in [6.45, 7) is 1.18. The molecular weight excluding hydrogens is 460 g/mol. The first kappa shape index (κ1) is 23.3. The molecule has 33 heavy (non-hydrogen) atoms. The number of benzene rings is 2. The van der Waals surface area contributed by atoms with Gasteiger partial charge in [-0.05, 0) is 35.8 Å². The molecule has 1 saturated heterocycles. The number of fused-ring (bicyclic) bond motifs is 1.